The molecule has 2 bridgehead atoms. The average Bonchev–Trinajstić information content (AvgIpc) is 3.22. The van der Waals surface area contributed by atoms with Crippen LogP contribution in [0.5, 0.6) is 11.5 Å². The van der Waals surface area contributed by atoms with Gasteiger partial charge in [-0.2, -0.15) is 0 Å². The number of hydrogen-bond donors (Lipinski definition) is 0. The van der Waals surface area contributed by atoms with E-state index >= 15 is 0 Å². The Kier molecular flexibility index (Phi) is 7.81. The van der Waals surface area contributed by atoms with Gasteiger partial charge in [-0.1, -0.05) is 124 Å². The molecule has 0 saturated carbocycles. The largest absolute Gasteiger partial charge is 0.458 e. The SMILES string of the molecule is CC(C)c1cc(C(C)C)c2c(c1)C(C)c1cccc3c1N(c1ccc4c(c1)B2c1cc(N2c5ccccc5Sc5ccccc52)ccc1O4)c1ccccc1S3. The van der Waals surface area contributed by atoms with Crippen molar-refractivity contribution in [3.63, 3.8) is 0 Å². The van der Waals surface area contributed by atoms with E-state index in [0.29, 0.717) is 11.8 Å². The van der Waals surface area contributed by atoms with Crippen molar-refractivity contribution in [3.05, 3.63) is 162 Å². The first kappa shape index (κ1) is 34.0. The molecule has 0 radical (unpaired) electrons. The number of fused-ring (bicyclic) bond motifs is 10. The highest BCUT2D eigenvalue weighted by molar-refractivity contribution is 8.00. The van der Waals surface area contributed by atoms with Gasteiger partial charge in [-0.3, -0.25) is 0 Å². The molecular weight excluding hydrogens is 720 g/mol. The Morgan fingerprint density at radius 1 is 0.536 bits per heavy atom. The zero-order valence-corrected chi connectivity index (χ0v) is 33.8. The Balaban J connectivity index is 1.22. The smallest absolute Gasteiger partial charge is 0.251 e. The standard InChI is InChI=1S/C50H41BN2OS2/c1-29(2)32-25-36(30(3)4)49-37(26-32)31(5)35-13-12-20-48-50(35)53(42-16-8-11-19-47(42)56-48)34-22-24-44-39(28-34)51(49)38-27-33(21-23-43(38)54-44)52-40-14-6-9-17-45(40)55-46-18-10-7-15-41(46)52/h6-31H,1-5H3. The summed E-state index contributed by atoms with van der Waals surface area (Å²) in [5, 5.41) is 0. The Morgan fingerprint density at radius 3 is 1.66 bits per heavy atom. The van der Waals surface area contributed by atoms with Crippen molar-refractivity contribution in [2.24, 2.45) is 0 Å². The van der Waals surface area contributed by atoms with Crippen molar-refractivity contribution in [2.45, 2.75) is 72.0 Å². The summed E-state index contributed by atoms with van der Waals surface area (Å²) in [5.74, 6) is 2.70. The second-order valence-corrected chi connectivity index (χ2v) is 18.3. The van der Waals surface area contributed by atoms with Crippen molar-refractivity contribution in [2.75, 3.05) is 9.80 Å². The van der Waals surface area contributed by atoms with Gasteiger partial charge in [0.1, 0.15) is 11.5 Å². The summed E-state index contributed by atoms with van der Waals surface area (Å²) in [5.41, 5.74) is 16.6. The summed E-state index contributed by atoms with van der Waals surface area (Å²) in [4.78, 5) is 10.1. The third-order valence-electron chi connectivity index (χ3n) is 12.1. The van der Waals surface area contributed by atoms with Crippen LogP contribution in [-0.4, -0.2) is 6.71 Å². The predicted octanol–water partition coefficient (Wildman–Crippen LogP) is 12.9. The number of nitrogens with zero attached hydrogens (tertiary/aromatic N) is 2. The van der Waals surface area contributed by atoms with Crippen molar-refractivity contribution in [1.29, 1.82) is 0 Å². The summed E-state index contributed by atoms with van der Waals surface area (Å²) in [6.45, 7) is 11.8. The Morgan fingerprint density at radius 2 is 1.07 bits per heavy atom. The van der Waals surface area contributed by atoms with Crippen LogP contribution in [0.3, 0.4) is 0 Å². The van der Waals surface area contributed by atoms with Crippen molar-refractivity contribution in [1.82, 2.24) is 0 Å². The molecule has 6 heteroatoms. The maximum Gasteiger partial charge on any atom is 0.251 e. The number of anilines is 6. The lowest BCUT2D eigenvalue weighted by atomic mass is 9.33. The maximum absolute atomic E-state index is 6.99. The number of para-hydroxylation sites is 4. The lowest BCUT2D eigenvalue weighted by molar-refractivity contribution is 0.487. The molecule has 0 amide bonds. The van der Waals surface area contributed by atoms with Gasteiger partial charge in [0.2, 0.25) is 0 Å². The fraction of sp³-hybridized carbons (Fsp3) is 0.160. The van der Waals surface area contributed by atoms with Gasteiger partial charge in [-0.25, -0.2) is 0 Å². The summed E-state index contributed by atoms with van der Waals surface area (Å²) < 4.78 is 6.99. The minimum Gasteiger partial charge on any atom is -0.458 e. The normalized spacial score (nSPS) is 15.6. The molecular formula is C50H41BN2OS2. The van der Waals surface area contributed by atoms with Crippen LogP contribution in [0, 0.1) is 0 Å². The van der Waals surface area contributed by atoms with Crippen LogP contribution < -0.4 is 30.9 Å². The third kappa shape index (κ3) is 5.08. The molecule has 4 aliphatic rings. The van der Waals surface area contributed by atoms with Crippen molar-refractivity contribution >= 4 is 80.7 Å². The van der Waals surface area contributed by atoms with Crippen molar-refractivity contribution < 1.29 is 4.74 Å². The molecule has 0 aromatic heterocycles. The molecule has 4 aliphatic heterocycles. The first-order valence-corrected chi connectivity index (χ1v) is 21.5. The second-order valence-electron chi connectivity index (χ2n) is 16.1. The van der Waals surface area contributed by atoms with E-state index < -0.39 is 0 Å². The fourth-order valence-corrected chi connectivity index (χ4v) is 11.6. The second kappa shape index (κ2) is 12.9. The van der Waals surface area contributed by atoms with E-state index in [1.807, 2.05) is 23.5 Å². The molecule has 56 heavy (non-hydrogen) atoms. The Hall–Kier alpha value is -5.30. The molecule has 3 nitrogen and oxygen atoms in total. The average molecular weight is 761 g/mol. The molecule has 0 N–H and O–H groups in total. The summed E-state index contributed by atoms with van der Waals surface area (Å²) in [6, 6.07) is 52.3. The lowest BCUT2D eigenvalue weighted by Crippen LogP contribution is -2.57. The minimum atomic E-state index is -0.0477. The lowest BCUT2D eigenvalue weighted by Gasteiger charge is -2.39. The maximum atomic E-state index is 6.99. The highest BCUT2D eigenvalue weighted by Crippen LogP contribution is 2.55. The zero-order valence-electron chi connectivity index (χ0n) is 32.2. The molecule has 4 heterocycles. The van der Waals surface area contributed by atoms with Crippen molar-refractivity contribution in [3.8, 4) is 11.5 Å². The molecule has 11 rings (SSSR count). The van der Waals surface area contributed by atoms with Crippen LogP contribution in [-0.2, 0) is 0 Å². The highest BCUT2D eigenvalue weighted by atomic mass is 32.2. The molecule has 1 atom stereocenters. The number of benzene rings is 7. The van der Waals surface area contributed by atoms with E-state index in [1.54, 1.807) is 0 Å². The van der Waals surface area contributed by atoms with Gasteiger partial charge in [-0.05, 0) is 124 Å². The van der Waals surface area contributed by atoms with Gasteiger partial charge in [0, 0.05) is 36.9 Å². The van der Waals surface area contributed by atoms with E-state index in [4.69, 9.17) is 4.74 Å². The topological polar surface area (TPSA) is 15.7 Å². The summed E-state index contributed by atoms with van der Waals surface area (Å²) in [6.07, 6.45) is 0. The van der Waals surface area contributed by atoms with Gasteiger partial charge in [0.15, 0.2) is 0 Å². The first-order valence-electron chi connectivity index (χ1n) is 19.8. The Bertz CT molecular complexity index is 2710. The zero-order chi connectivity index (χ0) is 37.8. The Labute approximate surface area is 338 Å². The van der Waals surface area contributed by atoms with Crippen LogP contribution in [0.15, 0.2) is 159 Å². The van der Waals surface area contributed by atoms with Crippen LogP contribution in [0.1, 0.15) is 74.6 Å². The molecule has 272 valence electrons. The van der Waals surface area contributed by atoms with E-state index in [0.717, 1.165) is 22.9 Å². The molecule has 7 aromatic carbocycles. The summed E-state index contributed by atoms with van der Waals surface area (Å²) in [7, 11) is 0. The van der Waals surface area contributed by atoms with E-state index in [2.05, 4.69) is 184 Å². The minimum absolute atomic E-state index is 0.0477. The molecule has 0 fully saturated rings. The third-order valence-corrected chi connectivity index (χ3v) is 14.4. The first-order chi connectivity index (χ1) is 27.3. The summed E-state index contributed by atoms with van der Waals surface area (Å²) >= 11 is 3.73. The van der Waals surface area contributed by atoms with Crippen LogP contribution in [0.25, 0.3) is 0 Å². The van der Waals surface area contributed by atoms with E-state index in [1.165, 1.54) is 81.0 Å². The number of rotatable bonds is 3. The number of hydrogen-bond acceptors (Lipinski definition) is 5. The van der Waals surface area contributed by atoms with Crippen LogP contribution in [0.4, 0.5) is 34.1 Å². The van der Waals surface area contributed by atoms with Crippen LogP contribution >= 0.6 is 23.5 Å². The quantitative estimate of drug-likeness (QED) is 0.166. The highest BCUT2D eigenvalue weighted by Gasteiger charge is 2.41. The molecule has 0 spiro atoms. The van der Waals surface area contributed by atoms with Gasteiger partial charge < -0.3 is 14.5 Å². The van der Waals surface area contributed by atoms with Gasteiger partial charge in [0.05, 0.1) is 22.7 Å². The fourth-order valence-electron chi connectivity index (χ4n) is 9.41. The van der Waals surface area contributed by atoms with E-state index in [-0.39, 0.29) is 12.6 Å². The van der Waals surface area contributed by atoms with E-state index in [9.17, 15) is 0 Å². The predicted molar refractivity (Wildman–Crippen MR) is 237 cm³/mol. The molecule has 0 saturated heterocycles. The molecule has 0 aliphatic carbocycles. The number of ether oxygens (including phenoxy) is 1. The van der Waals surface area contributed by atoms with Crippen LogP contribution in [0.2, 0.25) is 0 Å². The van der Waals surface area contributed by atoms with Gasteiger partial charge >= 0.3 is 0 Å². The molecule has 1 unspecified atom stereocenters. The van der Waals surface area contributed by atoms with Gasteiger partial charge in [0.25, 0.3) is 6.71 Å². The monoisotopic (exact) mass is 760 g/mol. The van der Waals surface area contributed by atoms with Gasteiger partial charge in [-0.15, -0.1) is 0 Å². The molecule has 7 aromatic rings.